The summed E-state index contributed by atoms with van der Waals surface area (Å²) in [4.78, 5) is 3.75. The monoisotopic (exact) mass is 275 g/mol. The summed E-state index contributed by atoms with van der Waals surface area (Å²) in [5.41, 5.74) is 1.61. The second-order valence-corrected chi connectivity index (χ2v) is 6.16. The van der Waals surface area contributed by atoms with E-state index in [1.165, 1.54) is 29.3 Å². The predicted molar refractivity (Wildman–Crippen MR) is 75.2 cm³/mol. The highest BCUT2D eigenvalue weighted by atomic mass is 32.1. The molecular weight excluding hydrogens is 262 g/mol. The minimum atomic E-state index is 0.428. The van der Waals surface area contributed by atoms with Crippen LogP contribution < -0.4 is 4.90 Å². The zero-order valence-electron chi connectivity index (χ0n) is 10.1. The third-order valence-electron chi connectivity index (χ3n) is 3.34. The SMILES string of the molecule is Cc1nsc(N2CCC[C@H]2c2cccs2)c1C#N. The lowest BCUT2D eigenvalue weighted by atomic mass is 10.2. The van der Waals surface area contributed by atoms with Crippen molar-refractivity contribution >= 4 is 27.9 Å². The number of hydrogen-bond acceptors (Lipinski definition) is 5. The van der Waals surface area contributed by atoms with Crippen molar-refractivity contribution < 1.29 is 0 Å². The van der Waals surface area contributed by atoms with Gasteiger partial charge in [-0.3, -0.25) is 0 Å². The Morgan fingerprint density at radius 2 is 2.44 bits per heavy atom. The number of rotatable bonds is 2. The Morgan fingerprint density at radius 1 is 1.56 bits per heavy atom. The van der Waals surface area contributed by atoms with E-state index in [0.717, 1.165) is 22.8 Å². The van der Waals surface area contributed by atoms with Gasteiger partial charge in [0.1, 0.15) is 16.6 Å². The van der Waals surface area contributed by atoms with Crippen molar-refractivity contribution in [3.8, 4) is 6.07 Å². The standard InChI is InChI=1S/C13H13N3S2/c1-9-10(8-14)13(18-15-9)16-6-2-4-11(16)12-5-3-7-17-12/h3,5,7,11H,2,4,6H2,1H3/t11-/m0/s1. The van der Waals surface area contributed by atoms with Gasteiger partial charge in [-0.05, 0) is 42.7 Å². The maximum absolute atomic E-state index is 9.26. The minimum absolute atomic E-state index is 0.428. The van der Waals surface area contributed by atoms with Crippen LogP contribution in [0.25, 0.3) is 0 Å². The Labute approximate surface area is 114 Å². The van der Waals surface area contributed by atoms with Crippen molar-refractivity contribution in [2.24, 2.45) is 0 Å². The number of thiophene rings is 1. The van der Waals surface area contributed by atoms with Crippen LogP contribution in [0.4, 0.5) is 5.00 Å². The molecule has 0 aliphatic carbocycles. The maximum atomic E-state index is 9.26. The van der Waals surface area contributed by atoms with Crippen molar-refractivity contribution in [3.05, 3.63) is 33.6 Å². The number of nitriles is 1. The first-order valence-corrected chi connectivity index (χ1v) is 7.63. The van der Waals surface area contributed by atoms with E-state index in [0.29, 0.717) is 6.04 Å². The van der Waals surface area contributed by atoms with Crippen LogP contribution in [0.3, 0.4) is 0 Å². The normalized spacial score (nSPS) is 19.1. The van der Waals surface area contributed by atoms with Crippen molar-refractivity contribution in [1.29, 1.82) is 5.26 Å². The zero-order chi connectivity index (χ0) is 12.5. The van der Waals surface area contributed by atoms with E-state index in [2.05, 4.69) is 32.9 Å². The summed E-state index contributed by atoms with van der Waals surface area (Å²) in [7, 11) is 0. The van der Waals surface area contributed by atoms with E-state index in [9.17, 15) is 5.26 Å². The lowest BCUT2D eigenvalue weighted by Gasteiger charge is -2.24. The molecule has 0 bridgehead atoms. The average Bonchev–Trinajstić information content (AvgIpc) is 3.07. The highest BCUT2D eigenvalue weighted by Gasteiger charge is 2.30. The molecule has 0 unspecified atom stereocenters. The van der Waals surface area contributed by atoms with Gasteiger partial charge in [0.25, 0.3) is 0 Å². The predicted octanol–water partition coefficient (Wildman–Crippen LogP) is 3.73. The Morgan fingerprint density at radius 3 is 3.17 bits per heavy atom. The lowest BCUT2D eigenvalue weighted by Crippen LogP contribution is -2.21. The molecule has 5 heteroatoms. The van der Waals surface area contributed by atoms with Crippen LogP contribution in [-0.2, 0) is 0 Å². The van der Waals surface area contributed by atoms with Gasteiger partial charge in [-0.1, -0.05) is 6.07 Å². The van der Waals surface area contributed by atoms with Gasteiger partial charge < -0.3 is 4.90 Å². The molecule has 18 heavy (non-hydrogen) atoms. The lowest BCUT2D eigenvalue weighted by molar-refractivity contribution is 0.737. The first-order chi connectivity index (χ1) is 8.81. The summed E-state index contributed by atoms with van der Waals surface area (Å²) in [5.74, 6) is 0. The van der Waals surface area contributed by atoms with Crippen molar-refractivity contribution in [2.75, 3.05) is 11.4 Å². The summed E-state index contributed by atoms with van der Waals surface area (Å²) in [5, 5.41) is 12.4. The molecule has 3 rings (SSSR count). The van der Waals surface area contributed by atoms with Crippen LogP contribution in [0.15, 0.2) is 17.5 Å². The van der Waals surface area contributed by atoms with Gasteiger partial charge in [0.15, 0.2) is 0 Å². The summed E-state index contributed by atoms with van der Waals surface area (Å²) in [6, 6.07) is 7.01. The topological polar surface area (TPSA) is 39.9 Å². The number of hydrogen-bond donors (Lipinski definition) is 0. The van der Waals surface area contributed by atoms with Crippen LogP contribution in [0.5, 0.6) is 0 Å². The van der Waals surface area contributed by atoms with Crippen LogP contribution in [-0.4, -0.2) is 10.9 Å². The van der Waals surface area contributed by atoms with Crippen molar-refractivity contribution in [1.82, 2.24) is 4.37 Å². The maximum Gasteiger partial charge on any atom is 0.130 e. The third kappa shape index (κ3) is 1.82. The fourth-order valence-corrected chi connectivity index (χ4v) is 4.27. The molecule has 1 aliphatic rings. The van der Waals surface area contributed by atoms with Gasteiger partial charge in [0, 0.05) is 11.4 Å². The molecule has 0 spiro atoms. The zero-order valence-corrected chi connectivity index (χ0v) is 11.7. The molecule has 0 amide bonds. The molecule has 3 nitrogen and oxygen atoms in total. The second kappa shape index (κ2) is 4.71. The van der Waals surface area contributed by atoms with E-state index < -0.39 is 0 Å². The number of aryl methyl sites for hydroxylation is 1. The van der Waals surface area contributed by atoms with Crippen LogP contribution >= 0.6 is 22.9 Å². The number of nitrogens with zero attached hydrogens (tertiary/aromatic N) is 3. The van der Waals surface area contributed by atoms with Gasteiger partial charge >= 0.3 is 0 Å². The molecule has 92 valence electrons. The molecule has 1 atom stereocenters. The average molecular weight is 275 g/mol. The van der Waals surface area contributed by atoms with E-state index >= 15 is 0 Å². The van der Waals surface area contributed by atoms with Gasteiger partial charge in [-0.25, -0.2) is 0 Å². The van der Waals surface area contributed by atoms with Crippen LogP contribution in [0, 0.1) is 18.3 Å². The molecule has 1 fully saturated rings. The highest BCUT2D eigenvalue weighted by molar-refractivity contribution is 7.11. The van der Waals surface area contributed by atoms with E-state index in [-0.39, 0.29) is 0 Å². The summed E-state index contributed by atoms with van der Waals surface area (Å²) < 4.78 is 4.33. The van der Waals surface area contributed by atoms with Gasteiger partial charge in [0.05, 0.1) is 11.7 Å². The van der Waals surface area contributed by atoms with E-state index in [1.807, 2.05) is 6.92 Å². The van der Waals surface area contributed by atoms with E-state index in [4.69, 9.17) is 0 Å². The molecule has 3 heterocycles. The number of anilines is 1. The minimum Gasteiger partial charge on any atom is -0.353 e. The van der Waals surface area contributed by atoms with Crippen LogP contribution in [0.2, 0.25) is 0 Å². The Kier molecular flexibility index (Phi) is 3.06. The molecule has 1 aliphatic heterocycles. The molecule has 1 saturated heterocycles. The Bertz CT molecular complexity index is 580. The first kappa shape index (κ1) is 11.7. The number of aromatic nitrogens is 1. The summed E-state index contributed by atoms with van der Waals surface area (Å²) in [6.07, 6.45) is 2.35. The third-order valence-corrected chi connectivity index (χ3v) is 5.29. The van der Waals surface area contributed by atoms with Gasteiger partial charge in [0.2, 0.25) is 0 Å². The highest BCUT2D eigenvalue weighted by Crippen LogP contribution is 2.41. The smallest absolute Gasteiger partial charge is 0.130 e. The Balaban J connectivity index is 1.98. The van der Waals surface area contributed by atoms with Gasteiger partial charge in [-0.15, -0.1) is 11.3 Å². The van der Waals surface area contributed by atoms with Gasteiger partial charge in [-0.2, -0.15) is 9.64 Å². The molecule has 0 N–H and O–H groups in total. The summed E-state index contributed by atoms with van der Waals surface area (Å²) in [6.45, 7) is 2.94. The second-order valence-electron chi connectivity index (χ2n) is 4.43. The van der Waals surface area contributed by atoms with E-state index in [1.54, 1.807) is 11.3 Å². The molecule has 0 saturated carbocycles. The Hall–Kier alpha value is -1.38. The van der Waals surface area contributed by atoms with Crippen molar-refractivity contribution in [3.63, 3.8) is 0 Å². The molecule has 0 aromatic carbocycles. The largest absolute Gasteiger partial charge is 0.353 e. The first-order valence-electron chi connectivity index (χ1n) is 5.97. The fraction of sp³-hybridized carbons (Fsp3) is 0.385. The molecular formula is C13H13N3S2. The quantitative estimate of drug-likeness (QED) is 0.838. The molecule has 0 radical (unpaired) electrons. The fourth-order valence-electron chi connectivity index (χ4n) is 2.47. The summed E-state index contributed by atoms with van der Waals surface area (Å²) >= 11 is 3.26. The van der Waals surface area contributed by atoms with Crippen LogP contribution in [0.1, 0.15) is 35.0 Å². The van der Waals surface area contributed by atoms with Crippen molar-refractivity contribution in [2.45, 2.75) is 25.8 Å². The molecule has 2 aromatic heterocycles. The molecule has 2 aromatic rings.